The van der Waals surface area contributed by atoms with Gasteiger partial charge in [-0.3, -0.25) is 4.99 Å². The Morgan fingerprint density at radius 2 is 2.10 bits per heavy atom. The van der Waals surface area contributed by atoms with E-state index in [1.807, 2.05) is 17.8 Å². The Morgan fingerprint density at radius 3 is 2.57 bits per heavy atom. The fourth-order valence-electron chi connectivity index (χ4n) is 1.44. The van der Waals surface area contributed by atoms with Crippen LogP contribution in [-0.2, 0) is 6.54 Å². The summed E-state index contributed by atoms with van der Waals surface area (Å²) in [5.41, 5.74) is 0.980. The SMILES string of the molecule is CN=C(NCc1cc(C(C)C)no1)NCC(C)(C)SC.I. The maximum Gasteiger partial charge on any atom is 0.191 e. The van der Waals surface area contributed by atoms with Crippen LogP contribution in [0.4, 0.5) is 0 Å². The van der Waals surface area contributed by atoms with Crippen molar-refractivity contribution >= 4 is 41.7 Å². The van der Waals surface area contributed by atoms with Crippen molar-refractivity contribution in [1.29, 1.82) is 0 Å². The molecule has 0 saturated heterocycles. The van der Waals surface area contributed by atoms with Crippen LogP contribution in [0.1, 0.15) is 45.1 Å². The third kappa shape index (κ3) is 7.39. The van der Waals surface area contributed by atoms with Gasteiger partial charge in [0.15, 0.2) is 11.7 Å². The first kappa shape index (κ1) is 20.6. The van der Waals surface area contributed by atoms with Gasteiger partial charge in [0.25, 0.3) is 0 Å². The first-order valence-corrected chi connectivity index (χ1v) is 8.05. The van der Waals surface area contributed by atoms with Crippen LogP contribution in [0, 0.1) is 0 Å². The predicted octanol–water partition coefficient (Wildman–Crippen LogP) is 3.22. The highest BCUT2D eigenvalue weighted by Gasteiger charge is 2.16. The van der Waals surface area contributed by atoms with Gasteiger partial charge in [-0.2, -0.15) is 11.8 Å². The van der Waals surface area contributed by atoms with Gasteiger partial charge in [-0.1, -0.05) is 19.0 Å². The Kier molecular flexibility index (Phi) is 9.35. The Bertz CT molecular complexity index is 446. The molecule has 0 amide bonds. The summed E-state index contributed by atoms with van der Waals surface area (Å²) in [6, 6.07) is 1.98. The monoisotopic (exact) mass is 426 g/mol. The van der Waals surface area contributed by atoms with Crippen LogP contribution in [0.2, 0.25) is 0 Å². The van der Waals surface area contributed by atoms with Gasteiger partial charge in [-0.25, -0.2) is 0 Å². The van der Waals surface area contributed by atoms with Crippen molar-refractivity contribution in [2.24, 2.45) is 4.99 Å². The second kappa shape index (κ2) is 9.55. The molecular weight excluding hydrogens is 399 g/mol. The Balaban J connectivity index is 0.00000400. The largest absolute Gasteiger partial charge is 0.359 e. The standard InChI is InChI=1S/C14H26N4OS.HI/c1-10(2)12-7-11(19-18-12)8-16-13(15-5)17-9-14(3,4)20-6;/h7,10H,8-9H2,1-6H3,(H2,15,16,17);1H. The molecule has 0 radical (unpaired) electrons. The number of guanidine groups is 1. The topological polar surface area (TPSA) is 62.5 Å². The number of aliphatic imine (C=N–C) groups is 1. The summed E-state index contributed by atoms with van der Waals surface area (Å²) >= 11 is 1.83. The number of nitrogens with zero attached hydrogens (tertiary/aromatic N) is 2. The molecule has 0 aliphatic carbocycles. The third-order valence-corrected chi connectivity index (χ3v) is 4.31. The van der Waals surface area contributed by atoms with Gasteiger partial charge in [-0.15, -0.1) is 24.0 Å². The molecule has 1 aromatic heterocycles. The summed E-state index contributed by atoms with van der Waals surface area (Å²) in [6.45, 7) is 10.0. The highest BCUT2D eigenvalue weighted by atomic mass is 127. The molecule has 0 atom stereocenters. The van der Waals surface area contributed by atoms with E-state index in [1.54, 1.807) is 7.05 Å². The molecule has 122 valence electrons. The van der Waals surface area contributed by atoms with Crippen molar-refractivity contribution in [1.82, 2.24) is 15.8 Å². The van der Waals surface area contributed by atoms with E-state index >= 15 is 0 Å². The van der Waals surface area contributed by atoms with Gasteiger partial charge in [0, 0.05) is 24.4 Å². The number of rotatable bonds is 6. The molecule has 0 fully saturated rings. The third-order valence-electron chi connectivity index (χ3n) is 3.06. The lowest BCUT2D eigenvalue weighted by molar-refractivity contribution is 0.372. The number of hydrogen-bond acceptors (Lipinski definition) is 4. The zero-order valence-electron chi connectivity index (χ0n) is 13.7. The minimum Gasteiger partial charge on any atom is -0.359 e. The summed E-state index contributed by atoms with van der Waals surface area (Å²) in [7, 11) is 1.77. The lowest BCUT2D eigenvalue weighted by Gasteiger charge is -2.23. The number of aromatic nitrogens is 1. The van der Waals surface area contributed by atoms with E-state index in [1.165, 1.54) is 0 Å². The quantitative estimate of drug-likeness (QED) is 0.416. The van der Waals surface area contributed by atoms with Gasteiger partial charge in [0.2, 0.25) is 0 Å². The van der Waals surface area contributed by atoms with Crippen molar-refractivity contribution in [3.8, 4) is 0 Å². The summed E-state index contributed by atoms with van der Waals surface area (Å²) in [4.78, 5) is 4.21. The fraction of sp³-hybridized carbons (Fsp3) is 0.714. The van der Waals surface area contributed by atoms with Gasteiger partial charge in [0.05, 0.1) is 12.2 Å². The molecule has 0 unspecified atom stereocenters. The molecule has 1 heterocycles. The fourth-order valence-corrected chi connectivity index (χ4v) is 1.66. The smallest absolute Gasteiger partial charge is 0.191 e. The average Bonchev–Trinajstić information content (AvgIpc) is 2.88. The molecule has 2 N–H and O–H groups in total. The first-order chi connectivity index (χ1) is 9.38. The number of nitrogens with one attached hydrogen (secondary N) is 2. The molecule has 0 aliphatic heterocycles. The van der Waals surface area contributed by atoms with Gasteiger partial charge >= 0.3 is 0 Å². The predicted molar refractivity (Wildman–Crippen MR) is 102 cm³/mol. The minimum absolute atomic E-state index is 0. The zero-order valence-corrected chi connectivity index (χ0v) is 16.8. The second-order valence-electron chi connectivity index (χ2n) is 5.62. The van der Waals surface area contributed by atoms with E-state index < -0.39 is 0 Å². The van der Waals surface area contributed by atoms with E-state index in [0.29, 0.717) is 12.5 Å². The number of thioether (sulfide) groups is 1. The molecule has 7 heteroatoms. The molecule has 1 rings (SSSR count). The summed E-state index contributed by atoms with van der Waals surface area (Å²) in [6.07, 6.45) is 2.11. The van der Waals surface area contributed by atoms with Crippen LogP contribution in [0.25, 0.3) is 0 Å². The molecule has 21 heavy (non-hydrogen) atoms. The van der Waals surface area contributed by atoms with Crippen LogP contribution >= 0.6 is 35.7 Å². The van der Waals surface area contributed by atoms with Crippen molar-refractivity contribution < 1.29 is 4.52 Å². The lowest BCUT2D eigenvalue weighted by Crippen LogP contribution is -2.42. The second-order valence-corrected chi connectivity index (χ2v) is 7.13. The molecule has 1 aromatic rings. The summed E-state index contributed by atoms with van der Waals surface area (Å²) in [5, 5.41) is 10.6. The lowest BCUT2D eigenvalue weighted by atomic mass is 10.1. The van der Waals surface area contributed by atoms with Crippen molar-refractivity contribution in [2.45, 2.75) is 44.9 Å². The van der Waals surface area contributed by atoms with Gasteiger partial charge < -0.3 is 15.2 Å². The average molecular weight is 426 g/mol. The Morgan fingerprint density at radius 1 is 1.43 bits per heavy atom. The molecule has 0 saturated carbocycles. The van der Waals surface area contributed by atoms with E-state index in [2.05, 4.69) is 54.7 Å². The molecule has 0 aliphatic rings. The maximum absolute atomic E-state index is 5.29. The van der Waals surface area contributed by atoms with Crippen molar-refractivity contribution in [2.75, 3.05) is 19.8 Å². The molecule has 5 nitrogen and oxygen atoms in total. The van der Waals surface area contributed by atoms with Crippen molar-refractivity contribution in [3.05, 3.63) is 17.5 Å². The van der Waals surface area contributed by atoms with Gasteiger partial charge in [-0.05, 0) is 26.0 Å². The van der Waals surface area contributed by atoms with E-state index in [4.69, 9.17) is 4.52 Å². The molecular formula is C14H27IN4OS. The first-order valence-electron chi connectivity index (χ1n) is 6.83. The van der Waals surface area contributed by atoms with Crippen LogP contribution in [0.3, 0.4) is 0 Å². The summed E-state index contributed by atoms with van der Waals surface area (Å²) in [5.74, 6) is 1.97. The van der Waals surface area contributed by atoms with E-state index in [-0.39, 0.29) is 28.7 Å². The molecule has 0 spiro atoms. The van der Waals surface area contributed by atoms with Crippen LogP contribution in [-0.4, -0.2) is 35.7 Å². The normalized spacial score (nSPS) is 12.2. The highest BCUT2D eigenvalue weighted by molar-refractivity contribution is 14.0. The minimum atomic E-state index is 0. The maximum atomic E-state index is 5.29. The van der Waals surface area contributed by atoms with E-state index in [9.17, 15) is 0 Å². The van der Waals surface area contributed by atoms with E-state index in [0.717, 1.165) is 24.0 Å². The summed E-state index contributed by atoms with van der Waals surface area (Å²) < 4.78 is 5.46. The zero-order chi connectivity index (χ0) is 15.2. The van der Waals surface area contributed by atoms with Gasteiger partial charge in [0.1, 0.15) is 0 Å². The van der Waals surface area contributed by atoms with Crippen molar-refractivity contribution in [3.63, 3.8) is 0 Å². The highest BCUT2D eigenvalue weighted by Crippen LogP contribution is 2.19. The number of halogens is 1. The van der Waals surface area contributed by atoms with Crippen LogP contribution in [0.15, 0.2) is 15.6 Å². The van der Waals surface area contributed by atoms with Crippen LogP contribution < -0.4 is 10.6 Å². The van der Waals surface area contributed by atoms with Crippen LogP contribution in [0.5, 0.6) is 0 Å². The Labute approximate surface area is 149 Å². The Hall–Kier alpha value is -0.440. The number of hydrogen-bond donors (Lipinski definition) is 2. The molecule has 0 bridgehead atoms. The molecule has 0 aromatic carbocycles.